The van der Waals surface area contributed by atoms with Gasteiger partial charge in [0.05, 0.1) is 0 Å². The molecule has 0 aromatic carbocycles. The molecule has 50 valence electrons. The molecule has 0 amide bonds. The minimum atomic E-state index is -4.17. The van der Waals surface area contributed by atoms with Crippen LogP contribution in [0, 0.1) is 0 Å². The average Bonchev–Trinajstić information content (AvgIpc) is 1.27. The summed E-state index contributed by atoms with van der Waals surface area (Å²) in [5, 5.41) is 3.88. The Morgan fingerprint density at radius 3 is 1.38 bits per heavy atom. The van der Waals surface area contributed by atoms with Gasteiger partial charge in [0.2, 0.25) is 0 Å². The molecule has 0 aliphatic heterocycles. The first-order valence-corrected chi connectivity index (χ1v) is 3.25. The highest BCUT2D eigenvalue weighted by molar-refractivity contribution is 7.83. The van der Waals surface area contributed by atoms with Gasteiger partial charge in [-0.25, -0.2) is 5.14 Å². The summed E-state index contributed by atoms with van der Waals surface area (Å²) in [7, 11) is -4.17. The summed E-state index contributed by atoms with van der Waals surface area (Å²) < 4.78 is 41.8. The Balaban J connectivity index is 0. The van der Waals surface area contributed by atoms with Gasteiger partial charge in [-0.15, -0.1) is 0 Å². The lowest BCUT2D eigenvalue weighted by atomic mass is 13.9. The zero-order valence-electron chi connectivity index (χ0n) is 3.47. The molecule has 0 aromatic rings. The van der Waals surface area contributed by atoms with E-state index in [9.17, 15) is 0 Å². The third kappa shape index (κ3) is 1300. The highest BCUT2D eigenvalue weighted by Crippen LogP contribution is 1.50. The van der Waals surface area contributed by atoms with Crippen LogP contribution in [0.2, 0.25) is 0 Å². The van der Waals surface area contributed by atoms with E-state index in [0.29, 0.717) is 0 Å². The van der Waals surface area contributed by atoms with Crippen LogP contribution in [0.4, 0.5) is 0 Å². The Morgan fingerprint density at radius 1 is 1.38 bits per heavy atom. The zero-order chi connectivity index (χ0) is 7.21. The van der Waals surface area contributed by atoms with Crippen molar-refractivity contribution in [3.8, 4) is 0 Å². The average molecular weight is 161 g/mol. The van der Waals surface area contributed by atoms with Crippen molar-refractivity contribution in [2.45, 2.75) is 0 Å². The Hall–Kier alpha value is -0.310. The summed E-state index contributed by atoms with van der Waals surface area (Å²) in [6.45, 7) is 0. The maximum absolute atomic E-state index is 8.97. The monoisotopic (exact) mass is 161 g/mol. The quantitative estimate of drug-likeness (QED) is 0.402. The molecule has 6 nitrogen and oxygen atoms in total. The van der Waals surface area contributed by atoms with Crippen molar-refractivity contribution in [1.29, 1.82) is 0 Å². The smallest absolute Gasteiger partial charge is 0.274 e. The lowest BCUT2D eigenvalue weighted by Gasteiger charge is -1.70. The maximum Gasteiger partial charge on any atom is 0.335 e. The summed E-state index contributed by atoms with van der Waals surface area (Å²) in [5.74, 6) is 0. The van der Waals surface area contributed by atoms with Gasteiger partial charge in [0.1, 0.15) is 0 Å². The highest BCUT2D eigenvalue weighted by atomic mass is 32.2. The molecule has 0 spiro atoms. The molecule has 0 unspecified atom stereocenters. The topological polar surface area (TPSA) is 115 Å². The van der Waals surface area contributed by atoms with E-state index in [1.807, 2.05) is 0 Å². The van der Waals surface area contributed by atoms with Crippen molar-refractivity contribution in [1.82, 2.24) is 0 Å². The van der Waals surface area contributed by atoms with Gasteiger partial charge in [-0.05, 0) is 0 Å². The van der Waals surface area contributed by atoms with Crippen molar-refractivity contribution in [2.75, 3.05) is 0 Å². The molecule has 0 aliphatic rings. The van der Waals surface area contributed by atoms with Crippen molar-refractivity contribution in [3.05, 3.63) is 0 Å². The fraction of sp³-hybridized carbons (Fsp3) is 0. The summed E-state index contributed by atoms with van der Waals surface area (Å²) in [4.78, 5) is 0. The van der Waals surface area contributed by atoms with Crippen LogP contribution in [0.5, 0.6) is 0 Å². The van der Waals surface area contributed by atoms with E-state index in [4.69, 9.17) is 21.4 Å². The minimum Gasteiger partial charge on any atom is -0.274 e. The zero-order valence-corrected chi connectivity index (χ0v) is 5.11. The molecule has 0 radical (unpaired) electrons. The Morgan fingerprint density at radius 2 is 1.38 bits per heavy atom. The minimum absolute atomic E-state index is 0.750. The predicted molar refractivity (Wildman–Crippen MR) is 24.7 cm³/mol. The van der Waals surface area contributed by atoms with E-state index in [-0.39, 0.29) is 0 Å². The van der Waals surface area contributed by atoms with Crippen LogP contribution in [0.25, 0.3) is 0 Å². The first kappa shape index (κ1) is 10.6. The van der Waals surface area contributed by atoms with Crippen LogP contribution >= 0.6 is 0 Å². The largest absolute Gasteiger partial charge is 0.335 e. The van der Waals surface area contributed by atoms with Gasteiger partial charge in [0.15, 0.2) is 0 Å². The van der Waals surface area contributed by atoms with Crippen molar-refractivity contribution in [2.24, 2.45) is 5.14 Å². The van der Waals surface area contributed by atoms with Crippen LogP contribution in [0.15, 0.2) is 0 Å². The second-order valence-electron chi connectivity index (χ2n) is 0.583. The van der Waals surface area contributed by atoms with Crippen LogP contribution in [0.3, 0.4) is 0 Å². The first-order valence-electron chi connectivity index (χ1n) is 1.08. The van der Waals surface area contributed by atoms with E-state index >= 15 is 0 Å². The third-order valence-electron chi connectivity index (χ3n) is 0. The molecule has 8 heavy (non-hydrogen) atoms. The summed E-state index contributed by atoms with van der Waals surface area (Å²) >= 11 is -0.750. The molecule has 8 heteroatoms. The van der Waals surface area contributed by atoms with Crippen LogP contribution < -0.4 is 5.14 Å². The molecule has 0 rings (SSSR count). The highest BCUT2D eigenvalue weighted by Gasteiger charge is 1.81. The SMILES string of the molecule is NS(=O)(=O)O.O=S=O. The van der Waals surface area contributed by atoms with E-state index in [1.165, 1.54) is 0 Å². The van der Waals surface area contributed by atoms with Gasteiger partial charge in [0.25, 0.3) is 0 Å². The van der Waals surface area contributed by atoms with Gasteiger partial charge >= 0.3 is 21.9 Å². The Labute approximate surface area is 49.2 Å². The Kier molecular flexibility index (Phi) is 6.43. The summed E-state index contributed by atoms with van der Waals surface area (Å²) in [6, 6.07) is 0. The number of nitrogens with two attached hydrogens (primary N) is 1. The number of hydrogen-bond acceptors (Lipinski definition) is 4. The lowest BCUT2D eigenvalue weighted by molar-refractivity contribution is 0.485. The molecule has 0 fully saturated rings. The number of rotatable bonds is 0. The molecule has 0 saturated carbocycles. The van der Waals surface area contributed by atoms with Crippen LogP contribution in [0.1, 0.15) is 0 Å². The lowest BCUT2D eigenvalue weighted by Crippen LogP contribution is -2.08. The van der Waals surface area contributed by atoms with Crippen molar-refractivity contribution >= 4 is 21.9 Å². The molecule has 0 aromatic heterocycles. The fourth-order valence-electron chi connectivity index (χ4n) is 0. The van der Waals surface area contributed by atoms with Crippen LogP contribution in [-0.2, 0) is 21.9 Å². The Bertz CT molecular complexity index is 151. The second-order valence-corrected chi connectivity index (χ2v) is 1.75. The van der Waals surface area contributed by atoms with Crippen molar-refractivity contribution < 1.29 is 21.4 Å². The van der Waals surface area contributed by atoms with E-state index in [0.717, 1.165) is 0 Å². The molecular weight excluding hydrogens is 158 g/mol. The van der Waals surface area contributed by atoms with E-state index < -0.39 is 21.9 Å². The third-order valence-corrected chi connectivity index (χ3v) is 0. The summed E-state index contributed by atoms with van der Waals surface area (Å²) in [6.07, 6.45) is 0. The second kappa shape index (κ2) is 4.84. The first-order chi connectivity index (χ1) is 3.41. The van der Waals surface area contributed by atoms with E-state index in [1.54, 1.807) is 0 Å². The molecule has 0 aliphatic carbocycles. The molecule has 0 saturated heterocycles. The van der Waals surface area contributed by atoms with E-state index in [2.05, 4.69) is 5.14 Å². The van der Waals surface area contributed by atoms with Gasteiger partial charge in [-0.2, -0.15) is 16.8 Å². The molecular formula is H3NO5S2. The molecule has 0 atom stereocenters. The fourth-order valence-corrected chi connectivity index (χ4v) is 0. The maximum atomic E-state index is 8.97. The molecule has 0 heterocycles. The normalized spacial score (nSPS) is 8.75. The molecule has 0 bridgehead atoms. The van der Waals surface area contributed by atoms with Gasteiger partial charge in [-0.1, -0.05) is 0 Å². The van der Waals surface area contributed by atoms with Gasteiger partial charge < -0.3 is 0 Å². The standard InChI is InChI=1S/H3NO3S.O2S/c1-5(2,3)4;1-3-2/h(H3,1,2,3,4);. The van der Waals surface area contributed by atoms with Crippen molar-refractivity contribution in [3.63, 3.8) is 0 Å². The van der Waals surface area contributed by atoms with Crippen LogP contribution in [-0.4, -0.2) is 21.4 Å². The van der Waals surface area contributed by atoms with Gasteiger partial charge in [0, 0.05) is 0 Å². The predicted octanol–water partition coefficient (Wildman–Crippen LogP) is -1.92. The molecule has 3 N–H and O–H groups in total. The number of hydrogen-bond donors (Lipinski definition) is 2. The van der Waals surface area contributed by atoms with Gasteiger partial charge in [-0.3, -0.25) is 4.55 Å². The summed E-state index contributed by atoms with van der Waals surface area (Å²) in [5.41, 5.74) is 0.